The molecule has 5 atom stereocenters. The van der Waals surface area contributed by atoms with Gasteiger partial charge in [-0.15, -0.1) is 0 Å². The Morgan fingerprint density at radius 3 is 0.778 bits per heavy atom. The Kier molecular flexibility index (Phi) is 75.8. The maximum Gasteiger partial charge on any atom is 0.472 e. The van der Waals surface area contributed by atoms with Gasteiger partial charge in [-0.3, -0.25) is 37.3 Å². The molecule has 0 bridgehead atoms. The number of aliphatic hydroxyl groups is 1. The highest BCUT2D eigenvalue weighted by atomic mass is 31.2. The molecule has 0 aliphatic rings. The van der Waals surface area contributed by atoms with Crippen molar-refractivity contribution in [3.05, 3.63) is 158 Å². The van der Waals surface area contributed by atoms with E-state index in [2.05, 4.69) is 149 Å². The van der Waals surface area contributed by atoms with E-state index in [0.717, 1.165) is 128 Å². The summed E-state index contributed by atoms with van der Waals surface area (Å²) < 4.78 is 68.6. The molecule has 0 aromatic heterocycles. The molecule has 0 rings (SSSR count). The van der Waals surface area contributed by atoms with Crippen molar-refractivity contribution in [2.45, 2.75) is 341 Å². The van der Waals surface area contributed by atoms with Crippen molar-refractivity contribution in [1.29, 1.82) is 0 Å². The Bertz CT molecular complexity index is 2660. The molecule has 108 heavy (non-hydrogen) atoms. The summed E-state index contributed by atoms with van der Waals surface area (Å²) in [6.07, 6.45) is 93.9. The highest BCUT2D eigenvalue weighted by molar-refractivity contribution is 7.47. The van der Waals surface area contributed by atoms with Gasteiger partial charge in [0.05, 0.1) is 26.4 Å². The first-order chi connectivity index (χ1) is 52.7. The third-order valence-corrected chi connectivity index (χ3v) is 18.9. The van der Waals surface area contributed by atoms with Crippen LogP contribution >= 0.6 is 15.6 Å². The molecule has 0 amide bonds. The zero-order valence-electron chi connectivity index (χ0n) is 67.5. The van der Waals surface area contributed by atoms with E-state index in [1.165, 1.54) is 103 Å². The molecule has 0 aliphatic carbocycles. The first kappa shape index (κ1) is 103. The number of carbonyl (C=O) groups excluding carboxylic acids is 4. The highest BCUT2D eigenvalue weighted by Crippen LogP contribution is 2.45. The first-order valence-electron chi connectivity index (χ1n) is 41.7. The molecule has 0 fully saturated rings. The van der Waals surface area contributed by atoms with Gasteiger partial charge in [0.15, 0.2) is 12.2 Å². The van der Waals surface area contributed by atoms with Crippen molar-refractivity contribution in [2.24, 2.45) is 0 Å². The molecular formula is C89H148O17P2. The minimum atomic E-state index is -5.01. The van der Waals surface area contributed by atoms with Crippen LogP contribution < -0.4 is 0 Å². The van der Waals surface area contributed by atoms with Crippen LogP contribution in [-0.4, -0.2) is 96.7 Å². The molecule has 0 saturated heterocycles. The van der Waals surface area contributed by atoms with Crippen LogP contribution in [0, 0.1) is 0 Å². The molecule has 0 aromatic rings. The highest BCUT2D eigenvalue weighted by Gasteiger charge is 2.30. The number of ether oxygens (including phenoxy) is 4. The summed E-state index contributed by atoms with van der Waals surface area (Å²) in [4.78, 5) is 73.1. The van der Waals surface area contributed by atoms with Gasteiger partial charge in [-0.1, -0.05) is 327 Å². The number of rotatable bonds is 77. The van der Waals surface area contributed by atoms with Gasteiger partial charge in [-0.25, -0.2) is 9.13 Å². The van der Waals surface area contributed by atoms with Gasteiger partial charge < -0.3 is 33.8 Å². The summed E-state index contributed by atoms with van der Waals surface area (Å²) in [5.41, 5.74) is 0. The monoisotopic (exact) mass is 1550 g/mol. The third kappa shape index (κ3) is 78.8. The molecule has 0 aliphatic heterocycles. The van der Waals surface area contributed by atoms with Gasteiger partial charge in [0.1, 0.15) is 19.3 Å². The predicted octanol–water partition coefficient (Wildman–Crippen LogP) is 24.8. The van der Waals surface area contributed by atoms with Crippen molar-refractivity contribution in [1.82, 2.24) is 0 Å². The smallest absolute Gasteiger partial charge is 0.462 e. The summed E-state index contributed by atoms with van der Waals surface area (Å²) in [6, 6.07) is 0. The summed E-state index contributed by atoms with van der Waals surface area (Å²) in [5, 5.41) is 10.7. The summed E-state index contributed by atoms with van der Waals surface area (Å²) in [5.74, 6) is -2.38. The number of unbranched alkanes of at least 4 members (excludes halogenated alkanes) is 25. The van der Waals surface area contributed by atoms with E-state index >= 15 is 0 Å². The molecule has 0 spiro atoms. The van der Waals surface area contributed by atoms with Crippen molar-refractivity contribution in [3.63, 3.8) is 0 Å². The quantitative estimate of drug-likeness (QED) is 0.0169. The molecule has 0 radical (unpaired) electrons. The topological polar surface area (TPSA) is 237 Å². The second-order valence-corrected chi connectivity index (χ2v) is 30.2. The minimum Gasteiger partial charge on any atom is -0.462 e. The van der Waals surface area contributed by atoms with E-state index in [4.69, 9.17) is 37.0 Å². The molecule has 0 heterocycles. The maximum atomic E-state index is 13.1. The summed E-state index contributed by atoms with van der Waals surface area (Å²) >= 11 is 0. The van der Waals surface area contributed by atoms with Gasteiger partial charge in [0, 0.05) is 25.7 Å². The van der Waals surface area contributed by atoms with Crippen LogP contribution in [0.5, 0.6) is 0 Å². The van der Waals surface area contributed by atoms with Crippen LogP contribution in [0.1, 0.15) is 323 Å². The SMILES string of the molecule is CC/C=C\C/C=C\C/C=C\C/C=C\C/C=C\C/C=C\CCC(=O)O[C@H](COC(=O)CCCCCCC/C=C\CCCCCCCC)COP(=O)(O)OC[C@@H](O)COP(=O)(O)OC[C@@H](COC(=O)CCCCCCCCCCCCCCCCC)OC(=O)CC/C=C\C/C=C\C/C=C\C/C=C\C/C=C\C/C=C\CC. The van der Waals surface area contributed by atoms with E-state index in [1.807, 2.05) is 36.5 Å². The number of carbonyl (C=O) groups is 4. The number of hydrogen-bond acceptors (Lipinski definition) is 15. The minimum absolute atomic E-state index is 0.0348. The van der Waals surface area contributed by atoms with Crippen molar-refractivity contribution >= 4 is 39.5 Å². The fourth-order valence-corrected chi connectivity index (χ4v) is 12.3. The Morgan fingerprint density at radius 2 is 0.500 bits per heavy atom. The third-order valence-electron chi connectivity index (χ3n) is 17.0. The van der Waals surface area contributed by atoms with Crippen LogP contribution in [0.3, 0.4) is 0 Å². The summed E-state index contributed by atoms with van der Waals surface area (Å²) in [6.45, 7) is 4.48. The van der Waals surface area contributed by atoms with E-state index in [9.17, 15) is 43.2 Å². The molecule has 19 heteroatoms. The van der Waals surface area contributed by atoms with Crippen LogP contribution in [0.15, 0.2) is 158 Å². The van der Waals surface area contributed by atoms with Crippen molar-refractivity contribution in [2.75, 3.05) is 39.6 Å². The molecule has 3 N–H and O–H groups in total. The molecular weight excluding hydrogens is 1400 g/mol. The number of phosphoric ester groups is 2. The Hall–Kier alpha value is -5.32. The number of aliphatic hydroxyl groups excluding tert-OH is 1. The van der Waals surface area contributed by atoms with Gasteiger partial charge in [0.2, 0.25) is 0 Å². The largest absolute Gasteiger partial charge is 0.472 e. The zero-order chi connectivity index (χ0) is 78.9. The van der Waals surface area contributed by atoms with Crippen molar-refractivity contribution < 1.29 is 80.2 Å². The molecule has 616 valence electrons. The lowest BCUT2D eigenvalue weighted by Gasteiger charge is -2.21. The normalized spacial score (nSPS) is 14.6. The molecule has 17 nitrogen and oxygen atoms in total. The lowest BCUT2D eigenvalue weighted by molar-refractivity contribution is -0.161. The molecule has 2 unspecified atom stereocenters. The van der Waals surface area contributed by atoms with Gasteiger partial charge >= 0.3 is 39.5 Å². The van der Waals surface area contributed by atoms with Crippen LogP contribution in [-0.2, 0) is 65.4 Å². The van der Waals surface area contributed by atoms with Gasteiger partial charge in [-0.2, -0.15) is 0 Å². The van der Waals surface area contributed by atoms with Gasteiger partial charge in [-0.05, 0) is 128 Å². The molecule has 0 aromatic carbocycles. The van der Waals surface area contributed by atoms with Crippen molar-refractivity contribution in [3.8, 4) is 0 Å². The van der Waals surface area contributed by atoms with Crippen LogP contribution in [0.4, 0.5) is 0 Å². The van der Waals surface area contributed by atoms with E-state index in [0.29, 0.717) is 38.5 Å². The second kappa shape index (κ2) is 79.8. The van der Waals surface area contributed by atoms with Crippen LogP contribution in [0.2, 0.25) is 0 Å². The number of allylic oxidation sites excluding steroid dienone is 26. The first-order valence-corrected chi connectivity index (χ1v) is 44.7. The average Bonchev–Trinajstić information content (AvgIpc) is 0.907. The fourth-order valence-electron chi connectivity index (χ4n) is 10.7. The number of esters is 4. The zero-order valence-corrected chi connectivity index (χ0v) is 69.3. The maximum absolute atomic E-state index is 13.1. The summed E-state index contributed by atoms with van der Waals surface area (Å²) in [7, 11) is -10.0. The van der Waals surface area contributed by atoms with E-state index in [-0.39, 0.29) is 25.7 Å². The predicted molar refractivity (Wildman–Crippen MR) is 445 cm³/mol. The van der Waals surface area contributed by atoms with E-state index in [1.54, 1.807) is 0 Å². The lowest BCUT2D eigenvalue weighted by atomic mass is 10.0. The Balaban J connectivity index is 5.52. The van der Waals surface area contributed by atoms with Crippen LogP contribution in [0.25, 0.3) is 0 Å². The number of hydrogen-bond donors (Lipinski definition) is 3. The van der Waals surface area contributed by atoms with Gasteiger partial charge in [0.25, 0.3) is 0 Å². The standard InChI is InChI=1S/C89H148O17P2/c1-5-9-13-17-21-25-29-33-37-39-41-43-47-51-55-59-63-67-71-75-88(93)105-84(79-99-86(91)73-69-65-61-57-53-49-45-35-31-27-23-19-15-11-7-3)81-103-107(95,96)101-77-83(90)78-102-108(97,98)104-82-85(80-100-87(92)74-70-66-62-58-54-50-46-36-32-28-24-20-16-12-8-4)106-89(94)76-72-68-64-60-56-52-48-44-42-40-38-34-30-26-22-18-14-10-6-2/h9-10,13-14,21-22,25-26,33-35,37-38,41-45,51-52,55-56,63-64,67-68,83-85,90H,5-8,11-12,15-20,23-24,27-32,36,39-40,46-50,53-54,57-62,65-66,69-82H2,1-4H3,(H,95,96)(H,97,98)/b13-9-,14-10-,25-21-,26-22-,37-33-,38-34-,43-41-,44-42-,45-35-,55-51-,56-52-,67-63-,68-64-/t83-,84-,85-/m1/s1. The average molecular weight is 1550 g/mol. The number of phosphoric acid groups is 2. The second-order valence-electron chi connectivity index (χ2n) is 27.3. The Morgan fingerprint density at radius 1 is 0.269 bits per heavy atom. The molecule has 0 saturated carbocycles. The fraction of sp³-hybridized carbons (Fsp3) is 0.663. The Labute approximate surface area is 655 Å². The van der Waals surface area contributed by atoms with E-state index < -0.39 is 97.5 Å². The lowest BCUT2D eigenvalue weighted by Crippen LogP contribution is -2.30.